The van der Waals surface area contributed by atoms with Crippen molar-refractivity contribution in [1.82, 2.24) is 10.2 Å². The molecular formula is C21H25ClN2O. The van der Waals surface area contributed by atoms with Crippen LogP contribution in [0.4, 0.5) is 0 Å². The molecule has 4 heteroatoms. The molecule has 3 rings (SSSR count). The van der Waals surface area contributed by atoms with E-state index in [0.29, 0.717) is 19.4 Å². The van der Waals surface area contributed by atoms with E-state index in [9.17, 15) is 4.79 Å². The summed E-state index contributed by atoms with van der Waals surface area (Å²) in [6.45, 7) is 2.88. The van der Waals surface area contributed by atoms with Gasteiger partial charge in [0.1, 0.15) is 0 Å². The van der Waals surface area contributed by atoms with Crippen molar-refractivity contribution in [3.8, 4) is 0 Å². The van der Waals surface area contributed by atoms with E-state index in [2.05, 4.69) is 34.5 Å². The van der Waals surface area contributed by atoms with Crippen LogP contribution in [0, 0.1) is 0 Å². The molecule has 0 aromatic heterocycles. The molecule has 1 amide bonds. The molecular weight excluding hydrogens is 332 g/mol. The van der Waals surface area contributed by atoms with Crippen LogP contribution in [0.5, 0.6) is 0 Å². The van der Waals surface area contributed by atoms with Crippen molar-refractivity contribution >= 4 is 17.5 Å². The number of carbonyl (C=O) groups is 1. The van der Waals surface area contributed by atoms with Crippen LogP contribution in [0.25, 0.3) is 0 Å². The van der Waals surface area contributed by atoms with Gasteiger partial charge < -0.3 is 5.32 Å². The van der Waals surface area contributed by atoms with Gasteiger partial charge in [0.2, 0.25) is 5.91 Å². The first-order chi connectivity index (χ1) is 12.2. The quantitative estimate of drug-likeness (QED) is 0.805. The molecule has 0 aliphatic carbocycles. The molecule has 0 radical (unpaired) electrons. The predicted octanol–water partition coefficient (Wildman–Crippen LogP) is 4.23. The summed E-state index contributed by atoms with van der Waals surface area (Å²) in [5.41, 5.74) is 2.38. The van der Waals surface area contributed by atoms with E-state index >= 15 is 0 Å². The number of nitrogens with one attached hydrogen (secondary N) is 1. The highest BCUT2D eigenvalue weighted by Gasteiger charge is 2.23. The van der Waals surface area contributed by atoms with E-state index in [4.69, 9.17) is 11.6 Å². The molecule has 25 heavy (non-hydrogen) atoms. The van der Waals surface area contributed by atoms with Crippen molar-refractivity contribution in [3.63, 3.8) is 0 Å². The predicted molar refractivity (Wildman–Crippen MR) is 103 cm³/mol. The molecule has 0 saturated carbocycles. The van der Waals surface area contributed by atoms with Crippen molar-refractivity contribution in [2.45, 2.75) is 31.7 Å². The third-order valence-electron chi connectivity index (χ3n) is 4.79. The highest BCUT2D eigenvalue weighted by molar-refractivity contribution is 6.30. The molecule has 1 fully saturated rings. The summed E-state index contributed by atoms with van der Waals surface area (Å²) in [7, 11) is 0. The summed E-state index contributed by atoms with van der Waals surface area (Å²) in [5.74, 6) is 0.0973. The number of hydrogen-bond donors (Lipinski definition) is 1. The Morgan fingerprint density at radius 1 is 1.08 bits per heavy atom. The van der Waals surface area contributed by atoms with E-state index in [-0.39, 0.29) is 11.9 Å². The van der Waals surface area contributed by atoms with Crippen LogP contribution < -0.4 is 5.32 Å². The molecule has 1 N–H and O–H groups in total. The van der Waals surface area contributed by atoms with Gasteiger partial charge in [-0.15, -0.1) is 0 Å². The van der Waals surface area contributed by atoms with Crippen LogP contribution >= 0.6 is 11.6 Å². The van der Waals surface area contributed by atoms with Gasteiger partial charge in [0.05, 0.1) is 6.04 Å². The highest BCUT2D eigenvalue weighted by atomic mass is 35.5. The fourth-order valence-electron chi connectivity index (χ4n) is 3.44. The summed E-state index contributed by atoms with van der Waals surface area (Å²) in [4.78, 5) is 14.8. The number of rotatable bonds is 7. The smallest absolute Gasteiger partial charge is 0.220 e. The van der Waals surface area contributed by atoms with Crippen LogP contribution in [0.1, 0.15) is 36.4 Å². The minimum atomic E-state index is 0.0973. The largest absolute Gasteiger partial charge is 0.354 e. The Balaban J connectivity index is 1.54. The van der Waals surface area contributed by atoms with Crippen LogP contribution in [0.15, 0.2) is 54.6 Å². The summed E-state index contributed by atoms with van der Waals surface area (Å²) in [5, 5.41) is 3.85. The zero-order valence-electron chi connectivity index (χ0n) is 14.5. The maximum absolute atomic E-state index is 12.3. The summed E-state index contributed by atoms with van der Waals surface area (Å²) < 4.78 is 0. The maximum atomic E-state index is 12.3. The van der Waals surface area contributed by atoms with Gasteiger partial charge in [0.25, 0.3) is 0 Å². The number of amides is 1. The van der Waals surface area contributed by atoms with Gasteiger partial charge in [-0.1, -0.05) is 54.1 Å². The number of halogens is 1. The van der Waals surface area contributed by atoms with Gasteiger partial charge in [-0.2, -0.15) is 0 Å². The Morgan fingerprint density at radius 2 is 1.84 bits per heavy atom. The molecule has 0 spiro atoms. The first-order valence-corrected chi connectivity index (χ1v) is 9.40. The number of likely N-dealkylation sites (tertiary alicyclic amines) is 1. The van der Waals surface area contributed by atoms with Crippen LogP contribution in [-0.2, 0) is 11.2 Å². The lowest BCUT2D eigenvalue weighted by Crippen LogP contribution is -2.36. The lowest BCUT2D eigenvalue weighted by atomic mass is 10.1. The first kappa shape index (κ1) is 18.0. The normalized spacial score (nSPS) is 15.9. The molecule has 132 valence electrons. The van der Waals surface area contributed by atoms with Crippen molar-refractivity contribution < 1.29 is 4.79 Å². The van der Waals surface area contributed by atoms with Crippen LogP contribution in [-0.4, -0.2) is 30.4 Å². The lowest BCUT2D eigenvalue weighted by Gasteiger charge is -2.28. The number of carbonyl (C=O) groups excluding carboxylic acids is 1. The second kappa shape index (κ2) is 9.02. The molecule has 0 bridgehead atoms. The molecule has 1 unspecified atom stereocenters. The Hall–Kier alpha value is -1.84. The van der Waals surface area contributed by atoms with Gasteiger partial charge >= 0.3 is 0 Å². The fraction of sp³-hybridized carbons (Fsp3) is 0.381. The standard InChI is InChI=1S/C21H25ClN2O/c22-19-10-6-7-17(15-19)11-12-21(25)23-16-20(24-13-4-5-14-24)18-8-2-1-3-9-18/h1-3,6-10,15,20H,4-5,11-14,16H2,(H,23,25). The molecule has 2 aromatic carbocycles. The van der Waals surface area contributed by atoms with Gasteiger partial charge in [0, 0.05) is 18.0 Å². The van der Waals surface area contributed by atoms with Crippen LogP contribution in [0.2, 0.25) is 5.02 Å². The van der Waals surface area contributed by atoms with E-state index < -0.39 is 0 Å². The Labute approximate surface area is 155 Å². The van der Waals surface area contributed by atoms with Gasteiger partial charge in [0.15, 0.2) is 0 Å². The van der Waals surface area contributed by atoms with Crippen molar-refractivity contribution in [2.24, 2.45) is 0 Å². The topological polar surface area (TPSA) is 32.3 Å². The Morgan fingerprint density at radius 3 is 2.56 bits per heavy atom. The van der Waals surface area contributed by atoms with E-state index in [1.165, 1.54) is 18.4 Å². The number of benzene rings is 2. The molecule has 2 aromatic rings. The molecule has 3 nitrogen and oxygen atoms in total. The van der Waals surface area contributed by atoms with Crippen LogP contribution in [0.3, 0.4) is 0 Å². The molecule has 1 aliphatic heterocycles. The number of hydrogen-bond acceptors (Lipinski definition) is 2. The summed E-state index contributed by atoms with van der Waals surface area (Å²) in [6, 6.07) is 18.5. The maximum Gasteiger partial charge on any atom is 0.220 e. The average molecular weight is 357 g/mol. The monoisotopic (exact) mass is 356 g/mol. The molecule has 1 saturated heterocycles. The molecule has 1 atom stereocenters. The fourth-order valence-corrected chi connectivity index (χ4v) is 3.65. The minimum absolute atomic E-state index is 0.0973. The summed E-state index contributed by atoms with van der Waals surface area (Å²) >= 11 is 6.00. The van der Waals surface area contributed by atoms with Gasteiger partial charge in [-0.05, 0) is 55.6 Å². The Bertz CT molecular complexity index is 683. The first-order valence-electron chi connectivity index (χ1n) is 9.02. The van der Waals surface area contributed by atoms with Gasteiger partial charge in [-0.3, -0.25) is 9.69 Å². The van der Waals surface area contributed by atoms with E-state index in [0.717, 1.165) is 23.7 Å². The van der Waals surface area contributed by atoms with Crippen molar-refractivity contribution in [3.05, 3.63) is 70.7 Å². The lowest BCUT2D eigenvalue weighted by molar-refractivity contribution is -0.121. The number of nitrogens with zero attached hydrogens (tertiary/aromatic N) is 1. The Kier molecular flexibility index (Phi) is 6.48. The zero-order chi connectivity index (χ0) is 17.5. The third-order valence-corrected chi connectivity index (χ3v) is 5.02. The highest BCUT2D eigenvalue weighted by Crippen LogP contribution is 2.24. The van der Waals surface area contributed by atoms with Crippen molar-refractivity contribution in [1.29, 1.82) is 0 Å². The minimum Gasteiger partial charge on any atom is -0.354 e. The molecule has 1 aliphatic rings. The number of aryl methyl sites for hydroxylation is 1. The van der Waals surface area contributed by atoms with Gasteiger partial charge in [-0.25, -0.2) is 0 Å². The zero-order valence-corrected chi connectivity index (χ0v) is 15.2. The summed E-state index contributed by atoms with van der Waals surface area (Å²) in [6.07, 6.45) is 3.69. The SMILES string of the molecule is O=C(CCc1cccc(Cl)c1)NCC(c1ccccc1)N1CCCC1. The molecule has 1 heterocycles. The van der Waals surface area contributed by atoms with Crippen molar-refractivity contribution in [2.75, 3.05) is 19.6 Å². The van der Waals surface area contributed by atoms with E-state index in [1.54, 1.807) is 0 Å². The third kappa shape index (κ3) is 5.32. The second-order valence-electron chi connectivity index (χ2n) is 6.60. The average Bonchev–Trinajstić information content (AvgIpc) is 3.15. The van der Waals surface area contributed by atoms with E-state index in [1.807, 2.05) is 30.3 Å². The second-order valence-corrected chi connectivity index (χ2v) is 7.04.